The van der Waals surface area contributed by atoms with E-state index in [1.807, 2.05) is 11.3 Å². The normalized spacial score (nSPS) is 14.3. The highest BCUT2D eigenvalue weighted by Gasteiger charge is 2.20. The highest BCUT2D eigenvalue weighted by atomic mass is 32.1. The van der Waals surface area contributed by atoms with Crippen LogP contribution in [-0.2, 0) is 0 Å². The number of hydrogen-bond donors (Lipinski definition) is 1. The summed E-state index contributed by atoms with van der Waals surface area (Å²) in [6, 6.07) is 0.964. The lowest BCUT2D eigenvalue weighted by molar-refractivity contribution is 0.593. The molecule has 0 aromatic carbocycles. The molecule has 0 aliphatic heterocycles. The first-order chi connectivity index (χ1) is 9.54. The Kier molecular flexibility index (Phi) is 7.52. The molecule has 1 N–H and O–H groups in total. The van der Waals surface area contributed by atoms with Crippen molar-refractivity contribution in [2.24, 2.45) is 0 Å². The van der Waals surface area contributed by atoms with E-state index in [0.29, 0.717) is 12.1 Å². The van der Waals surface area contributed by atoms with Crippen molar-refractivity contribution >= 4 is 16.5 Å². The maximum absolute atomic E-state index is 4.84. The van der Waals surface area contributed by atoms with Crippen LogP contribution < -0.4 is 10.2 Å². The van der Waals surface area contributed by atoms with Gasteiger partial charge in [0.2, 0.25) is 0 Å². The minimum absolute atomic E-state index is 0.399. The van der Waals surface area contributed by atoms with Crippen molar-refractivity contribution < 1.29 is 0 Å². The monoisotopic (exact) mass is 297 g/mol. The zero-order chi connectivity index (χ0) is 15.1. The summed E-state index contributed by atoms with van der Waals surface area (Å²) < 4.78 is 0. The van der Waals surface area contributed by atoms with E-state index in [-0.39, 0.29) is 0 Å². The van der Waals surface area contributed by atoms with Crippen molar-refractivity contribution in [3.05, 3.63) is 10.6 Å². The molecule has 0 saturated carbocycles. The zero-order valence-electron chi connectivity index (χ0n) is 14.0. The molecule has 0 saturated heterocycles. The Morgan fingerprint density at radius 2 is 1.95 bits per heavy atom. The average molecular weight is 298 g/mol. The van der Waals surface area contributed by atoms with Crippen LogP contribution in [-0.4, -0.2) is 24.1 Å². The van der Waals surface area contributed by atoms with Crippen LogP contribution in [0.3, 0.4) is 0 Å². The minimum atomic E-state index is 0.399. The van der Waals surface area contributed by atoms with Crippen LogP contribution in [0.5, 0.6) is 0 Å². The molecule has 1 rings (SSSR count). The van der Waals surface area contributed by atoms with Gasteiger partial charge >= 0.3 is 0 Å². The molecular weight excluding hydrogens is 266 g/mol. The van der Waals surface area contributed by atoms with Gasteiger partial charge in [-0.1, -0.05) is 27.2 Å². The van der Waals surface area contributed by atoms with Crippen LogP contribution in [0.1, 0.15) is 70.5 Å². The van der Waals surface area contributed by atoms with Gasteiger partial charge < -0.3 is 10.2 Å². The fourth-order valence-electron chi connectivity index (χ4n) is 2.37. The largest absolute Gasteiger partial charge is 0.345 e. The smallest absolute Gasteiger partial charge is 0.186 e. The van der Waals surface area contributed by atoms with Gasteiger partial charge in [0.15, 0.2) is 5.13 Å². The summed E-state index contributed by atoms with van der Waals surface area (Å²) >= 11 is 1.86. The fourth-order valence-corrected chi connectivity index (χ4v) is 3.59. The number of anilines is 1. The minimum Gasteiger partial charge on any atom is -0.345 e. The maximum Gasteiger partial charge on any atom is 0.186 e. The molecule has 116 valence electrons. The second-order valence-corrected chi connectivity index (χ2v) is 6.54. The molecule has 0 aliphatic carbocycles. The Hall–Kier alpha value is -0.610. The predicted octanol–water partition coefficient (Wildman–Crippen LogP) is 4.53. The molecule has 0 spiro atoms. The topological polar surface area (TPSA) is 28.2 Å². The summed E-state index contributed by atoms with van der Waals surface area (Å²) in [7, 11) is 0. The van der Waals surface area contributed by atoms with Gasteiger partial charge in [0.05, 0.1) is 5.69 Å². The van der Waals surface area contributed by atoms with Crippen molar-refractivity contribution in [1.82, 2.24) is 10.3 Å². The number of rotatable bonds is 9. The molecule has 2 atom stereocenters. The second kappa shape index (κ2) is 8.63. The summed E-state index contributed by atoms with van der Waals surface area (Å²) in [5, 5.41) is 4.69. The Morgan fingerprint density at radius 3 is 2.50 bits per heavy atom. The molecule has 0 bridgehead atoms. The molecule has 20 heavy (non-hydrogen) atoms. The molecular formula is C16H31N3S. The third-order valence-corrected chi connectivity index (χ3v) is 5.22. The third-order valence-electron chi connectivity index (χ3n) is 3.85. The van der Waals surface area contributed by atoms with Gasteiger partial charge in [-0.2, -0.15) is 0 Å². The standard InChI is InChI=1S/C16H31N3S/c1-7-10-11-19(12(4)8-2)16-18-14(6)15(20-16)13(5)17-9-3/h12-13,17H,7-11H2,1-6H3. The Balaban J connectivity index is 2.93. The molecule has 2 unspecified atom stereocenters. The van der Waals surface area contributed by atoms with Crippen molar-refractivity contribution in [3.8, 4) is 0 Å². The molecule has 0 amide bonds. The molecule has 0 radical (unpaired) electrons. The summed E-state index contributed by atoms with van der Waals surface area (Å²) in [5.41, 5.74) is 1.18. The van der Waals surface area contributed by atoms with Crippen LogP contribution in [0.25, 0.3) is 0 Å². The van der Waals surface area contributed by atoms with Gasteiger partial charge in [-0.3, -0.25) is 0 Å². The lowest BCUT2D eigenvalue weighted by Crippen LogP contribution is -2.33. The molecule has 1 aromatic heterocycles. The maximum atomic E-state index is 4.84. The second-order valence-electron chi connectivity index (χ2n) is 5.53. The van der Waals surface area contributed by atoms with E-state index in [9.17, 15) is 0 Å². The first-order valence-electron chi connectivity index (χ1n) is 8.02. The van der Waals surface area contributed by atoms with Gasteiger partial charge in [0.1, 0.15) is 0 Å². The lowest BCUT2D eigenvalue weighted by atomic mass is 10.2. The number of unbranched alkanes of at least 4 members (excludes halogenated alkanes) is 1. The molecule has 1 heterocycles. The molecule has 0 aliphatic rings. The van der Waals surface area contributed by atoms with Gasteiger partial charge in [0, 0.05) is 23.5 Å². The number of aromatic nitrogens is 1. The van der Waals surface area contributed by atoms with E-state index in [1.54, 1.807) is 0 Å². The lowest BCUT2D eigenvalue weighted by Gasteiger charge is -2.28. The number of nitrogens with one attached hydrogen (secondary N) is 1. The fraction of sp³-hybridized carbons (Fsp3) is 0.812. The summed E-state index contributed by atoms with van der Waals surface area (Å²) in [5.74, 6) is 0. The first-order valence-corrected chi connectivity index (χ1v) is 8.84. The van der Waals surface area contributed by atoms with Crippen molar-refractivity contribution in [2.45, 2.75) is 72.9 Å². The first kappa shape index (κ1) is 17.4. The van der Waals surface area contributed by atoms with Gasteiger partial charge in [0.25, 0.3) is 0 Å². The van der Waals surface area contributed by atoms with Crippen LogP contribution in [0, 0.1) is 6.92 Å². The molecule has 4 heteroatoms. The number of aryl methyl sites for hydroxylation is 1. The van der Waals surface area contributed by atoms with E-state index >= 15 is 0 Å². The highest BCUT2D eigenvalue weighted by molar-refractivity contribution is 7.15. The van der Waals surface area contributed by atoms with E-state index in [0.717, 1.165) is 13.1 Å². The highest BCUT2D eigenvalue weighted by Crippen LogP contribution is 2.32. The zero-order valence-corrected chi connectivity index (χ0v) is 14.8. The Morgan fingerprint density at radius 1 is 1.25 bits per heavy atom. The molecule has 0 fully saturated rings. The molecule has 1 aromatic rings. The summed E-state index contributed by atoms with van der Waals surface area (Å²) in [6.07, 6.45) is 3.64. The average Bonchev–Trinajstić information content (AvgIpc) is 2.81. The predicted molar refractivity (Wildman–Crippen MR) is 90.9 cm³/mol. The van der Waals surface area contributed by atoms with E-state index in [4.69, 9.17) is 4.98 Å². The van der Waals surface area contributed by atoms with Gasteiger partial charge in [-0.25, -0.2) is 4.98 Å². The number of nitrogens with zero attached hydrogens (tertiary/aromatic N) is 2. The van der Waals surface area contributed by atoms with Crippen LogP contribution in [0.2, 0.25) is 0 Å². The SMILES string of the molecule is CCCCN(c1nc(C)c(C(C)NCC)s1)C(C)CC. The van der Waals surface area contributed by atoms with Gasteiger partial charge in [-0.15, -0.1) is 11.3 Å². The van der Waals surface area contributed by atoms with Crippen LogP contribution >= 0.6 is 11.3 Å². The Bertz CT molecular complexity index is 389. The van der Waals surface area contributed by atoms with Crippen molar-refractivity contribution in [3.63, 3.8) is 0 Å². The third kappa shape index (κ3) is 4.45. The Labute approximate surface area is 128 Å². The quantitative estimate of drug-likeness (QED) is 0.726. The van der Waals surface area contributed by atoms with E-state index < -0.39 is 0 Å². The van der Waals surface area contributed by atoms with Crippen molar-refractivity contribution in [2.75, 3.05) is 18.0 Å². The van der Waals surface area contributed by atoms with Crippen LogP contribution in [0.4, 0.5) is 5.13 Å². The van der Waals surface area contributed by atoms with E-state index in [1.165, 1.54) is 35.0 Å². The van der Waals surface area contributed by atoms with Crippen molar-refractivity contribution in [1.29, 1.82) is 0 Å². The molecule has 3 nitrogen and oxygen atoms in total. The number of thiazole rings is 1. The summed E-state index contributed by atoms with van der Waals surface area (Å²) in [4.78, 5) is 8.71. The number of hydrogen-bond acceptors (Lipinski definition) is 4. The summed E-state index contributed by atoms with van der Waals surface area (Å²) in [6.45, 7) is 15.4. The van der Waals surface area contributed by atoms with Gasteiger partial charge in [-0.05, 0) is 40.2 Å². The van der Waals surface area contributed by atoms with E-state index in [2.05, 4.69) is 51.8 Å². The van der Waals surface area contributed by atoms with Crippen LogP contribution in [0.15, 0.2) is 0 Å².